The van der Waals surface area contributed by atoms with E-state index in [4.69, 9.17) is 28.1 Å². The van der Waals surface area contributed by atoms with Gasteiger partial charge in [0.25, 0.3) is 0 Å². The van der Waals surface area contributed by atoms with Crippen molar-refractivity contribution < 1.29 is 52.7 Å². The van der Waals surface area contributed by atoms with Crippen LogP contribution in [0.1, 0.15) is 90.3 Å². The van der Waals surface area contributed by atoms with Crippen LogP contribution in [0, 0.1) is 17.3 Å². The zero-order chi connectivity index (χ0) is 38.8. The average molecular weight is 735 g/mol. The first-order chi connectivity index (χ1) is 24.7. The number of ketones is 1. The third kappa shape index (κ3) is 14.3. The van der Waals surface area contributed by atoms with Gasteiger partial charge in [0.05, 0.1) is 43.4 Å². The fraction of sp³-hybridized carbons (Fsp3) is 0.692. The summed E-state index contributed by atoms with van der Waals surface area (Å²) in [6.45, 7) is 7.43. The Bertz CT molecular complexity index is 1310. The molecule has 0 saturated heterocycles. The Balaban J connectivity index is 2.29. The minimum absolute atomic E-state index is 0.0368. The number of carbonyl (C=O) groups is 3. The third-order valence-electron chi connectivity index (χ3n) is 10.1. The highest BCUT2D eigenvalue weighted by Gasteiger charge is 2.42. The lowest BCUT2D eigenvalue weighted by molar-refractivity contribution is -0.167. The number of hydrogen-bond donors (Lipinski definition) is 2. The first kappa shape index (κ1) is 45.0. The van der Waals surface area contributed by atoms with Crippen molar-refractivity contribution in [3.63, 3.8) is 0 Å². The SMILES string of the molecule is COC1/C=C/C=C/C[C@H](OC)c2coc(n2)C[C@@H](O)C(C)(C)C(C[C@@H](OC)[C@@H](C)CCC(=O)[C@H](C)[C@@H](C/C=C/N(C)C=O)OC)OC(=O)C[C@@H](O)C1. The number of aromatic nitrogens is 1. The van der Waals surface area contributed by atoms with Crippen molar-refractivity contribution in [1.82, 2.24) is 9.88 Å². The third-order valence-corrected chi connectivity index (χ3v) is 10.1. The van der Waals surface area contributed by atoms with E-state index in [0.717, 1.165) is 0 Å². The second-order valence-corrected chi connectivity index (χ2v) is 14.3. The molecule has 2 N–H and O–H groups in total. The smallest absolute Gasteiger partial charge is 0.308 e. The number of aliphatic hydroxyl groups is 2. The number of oxazole rings is 1. The summed E-state index contributed by atoms with van der Waals surface area (Å²) in [7, 11) is 7.89. The monoisotopic (exact) mass is 734 g/mol. The van der Waals surface area contributed by atoms with Gasteiger partial charge in [0.15, 0.2) is 5.89 Å². The summed E-state index contributed by atoms with van der Waals surface area (Å²) < 4.78 is 34.5. The maximum Gasteiger partial charge on any atom is 0.308 e. The van der Waals surface area contributed by atoms with Gasteiger partial charge >= 0.3 is 5.97 Å². The van der Waals surface area contributed by atoms with Crippen LogP contribution >= 0.6 is 0 Å². The molecule has 0 spiro atoms. The summed E-state index contributed by atoms with van der Waals surface area (Å²) in [5.41, 5.74) is -0.428. The first-order valence-corrected chi connectivity index (χ1v) is 18.0. The topological polar surface area (TPSA) is 167 Å². The van der Waals surface area contributed by atoms with Crippen molar-refractivity contribution in [2.75, 3.05) is 35.5 Å². The van der Waals surface area contributed by atoms with Gasteiger partial charge in [-0.05, 0) is 25.2 Å². The van der Waals surface area contributed by atoms with Crippen LogP contribution in [0.3, 0.4) is 0 Å². The van der Waals surface area contributed by atoms with Crippen molar-refractivity contribution in [1.29, 1.82) is 0 Å². The molecule has 0 aliphatic carbocycles. The van der Waals surface area contributed by atoms with E-state index < -0.39 is 41.9 Å². The quantitative estimate of drug-likeness (QED) is 0.174. The second kappa shape index (κ2) is 22.8. The Hall–Kier alpha value is -3.20. The number of cyclic esters (lactones) is 1. The number of Topliss-reactive ketones (excluding diaryl/α,β-unsaturated/α-hetero) is 1. The van der Waals surface area contributed by atoms with Crippen molar-refractivity contribution >= 4 is 18.2 Å². The molecule has 0 saturated carbocycles. The van der Waals surface area contributed by atoms with Gasteiger partial charge in [0.1, 0.15) is 29.9 Å². The number of aliphatic hydroxyl groups excluding tert-OH is 2. The van der Waals surface area contributed by atoms with E-state index in [9.17, 15) is 24.6 Å². The number of nitrogens with zero attached hydrogens (tertiary/aromatic N) is 2. The number of esters is 1. The lowest BCUT2D eigenvalue weighted by atomic mass is 9.75. The molecular weight excluding hydrogens is 672 g/mol. The van der Waals surface area contributed by atoms with Crippen LogP contribution in [0.25, 0.3) is 0 Å². The second-order valence-electron chi connectivity index (χ2n) is 14.3. The number of carbonyl (C=O) groups excluding carboxylic acids is 3. The molecular formula is C39H62N2O11. The summed E-state index contributed by atoms with van der Waals surface area (Å²) in [4.78, 5) is 43.4. The summed E-state index contributed by atoms with van der Waals surface area (Å²) in [6, 6.07) is 0. The van der Waals surface area contributed by atoms with Gasteiger partial charge in [-0.15, -0.1) is 0 Å². The van der Waals surface area contributed by atoms with Gasteiger partial charge in [-0.1, -0.05) is 58.1 Å². The van der Waals surface area contributed by atoms with Crippen LogP contribution in [0.4, 0.5) is 0 Å². The van der Waals surface area contributed by atoms with Crippen molar-refractivity contribution in [2.45, 2.75) is 122 Å². The van der Waals surface area contributed by atoms with E-state index >= 15 is 0 Å². The molecule has 1 aromatic rings. The zero-order valence-electron chi connectivity index (χ0n) is 32.4. The molecule has 1 aliphatic heterocycles. The van der Waals surface area contributed by atoms with Gasteiger partial charge in [-0.3, -0.25) is 14.4 Å². The van der Waals surface area contributed by atoms with Crippen LogP contribution < -0.4 is 0 Å². The molecule has 52 heavy (non-hydrogen) atoms. The maximum absolute atomic E-state index is 13.4. The summed E-state index contributed by atoms with van der Waals surface area (Å²) in [5, 5.41) is 22.4. The summed E-state index contributed by atoms with van der Waals surface area (Å²) in [5.74, 6) is -0.777. The van der Waals surface area contributed by atoms with Gasteiger partial charge < -0.3 is 43.2 Å². The predicted molar refractivity (Wildman–Crippen MR) is 195 cm³/mol. The van der Waals surface area contributed by atoms with E-state index in [2.05, 4.69) is 4.98 Å². The van der Waals surface area contributed by atoms with E-state index in [1.54, 1.807) is 46.7 Å². The van der Waals surface area contributed by atoms with Gasteiger partial charge in [-0.25, -0.2) is 4.98 Å². The number of amides is 1. The molecule has 294 valence electrons. The Morgan fingerprint density at radius 1 is 1.10 bits per heavy atom. The predicted octanol–water partition coefficient (Wildman–Crippen LogP) is 4.91. The molecule has 13 heteroatoms. The fourth-order valence-corrected chi connectivity index (χ4v) is 6.19. The highest BCUT2D eigenvalue weighted by atomic mass is 16.5. The lowest BCUT2D eigenvalue weighted by Gasteiger charge is -2.40. The Morgan fingerprint density at radius 3 is 2.44 bits per heavy atom. The highest BCUT2D eigenvalue weighted by Crippen LogP contribution is 2.36. The molecule has 2 bridgehead atoms. The number of ether oxygens (including phenoxy) is 5. The number of hydrogen-bond acceptors (Lipinski definition) is 12. The van der Waals surface area contributed by atoms with E-state index in [-0.39, 0.29) is 61.9 Å². The number of allylic oxidation sites excluding steroid dienone is 2. The van der Waals surface area contributed by atoms with Crippen molar-refractivity contribution in [2.24, 2.45) is 17.3 Å². The van der Waals surface area contributed by atoms with Crippen molar-refractivity contribution in [3.8, 4) is 0 Å². The molecule has 1 aromatic heterocycles. The van der Waals surface area contributed by atoms with E-state index in [1.807, 2.05) is 45.9 Å². The molecule has 1 aliphatic rings. The molecule has 2 rings (SSSR count). The molecule has 1 amide bonds. The standard InChI is InChI=1S/C39H62N2O11/c1-26(17-18-31(44)27(2)32(48-7)16-13-19-41(5)25-42)34(50-9)22-36-39(3,4)35(45)23-37-40-30(24-51-37)33(49-8)15-12-10-11-14-29(47-6)20-28(43)21-38(46)52-36/h10-14,19,24-29,32-36,43,45H,15-18,20-23H2,1-9H3/b12-10+,14-11+,19-13+/t26-,27-,28-,29?,32+,33-,34+,35+,36?/m0/s1. The zero-order valence-corrected chi connectivity index (χ0v) is 32.4. The fourth-order valence-electron chi connectivity index (χ4n) is 6.19. The maximum atomic E-state index is 13.4. The number of rotatable bonds is 16. The molecule has 9 atom stereocenters. The minimum atomic E-state index is -1.05. The summed E-state index contributed by atoms with van der Waals surface area (Å²) >= 11 is 0. The van der Waals surface area contributed by atoms with Crippen molar-refractivity contribution in [3.05, 3.63) is 54.4 Å². The van der Waals surface area contributed by atoms with Gasteiger partial charge in [0.2, 0.25) is 6.41 Å². The normalized spacial score (nSPS) is 26.9. The Morgan fingerprint density at radius 2 is 1.81 bits per heavy atom. The number of fused-ring (bicyclic) bond motifs is 2. The van der Waals surface area contributed by atoms with Crippen LogP contribution in [-0.4, -0.2) is 110 Å². The van der Waals surface area contributed by atoms with Crippen LogP contribution in [-0.2, 0) is 44.5 Å². The van der Waals surface area contributed by atoms with Crippen LogP contribution in [0.5, 0.6) is 0 Å². The molecule has 2 unspecified atom stereocenters. The van der Waals surface area contributed by atoms with E-state index in [0.29, 0.717) is 37.3 Å². The minimum Gasteiger partial charge on any atom is -0.462 e. The highest BCUT2D eigenvalue weighted by molar-refractivity contribution is 5.81. The van der Waals surface area contributed by atoms with E-state index in [1.165, 1.54) is 18.3 Å². The first-order valence-electron chi connectivity index (χ1n) is 18.0. The van der Waals surface area contributed by atoms with Gasteiger partial charge in [-0.2, -0.15) is 0 Å². The molecule has 0 radical (unpaired) electrons. The summed E-state index contributed by atoms with van der Waals surface area (Å²) in [6.07, 6.45) is 10.5. The lowest BCUT2D eigenvalue weighted by Crippen LogP contribution is -2.46. The van der Waals surface area contributed by atoms with Gasteiger partial charge in [0, 0.05) is 72.3 Å². The largest absolute Gasteiger partial charge is 0.462 e. The Labute approximate surface area is 309 Å². The molecule has 0 aromatic carbocycles. The van der Waals surface area contributed by atoms with Crippen LogP contribution in [0.15, 0.2) is 47.3 Å². The molecule has 13 nitrogen and oxygen atoms in total. The average Bonchev–Trinajstić information content (AvgIpc) is 3.58. The molecule has 0 fully saturated rings. The molecule has 2 heterocycles. The van der Waals surface area contributed by atoms with Crippen LogP contribution in [0.2, 0.25) is 0 Å². The number of methoxy groups -OCH3 is 4. The Kier molecular flexibility index (Phi) is 19.7.